The van der Waals surface area contributed by atoms with Crippen molar-refractivity contribution < 1.29 is 17.9 Å². The van der Waals surface area contributed by atoms with E-state index in [2.05, 4.69) is 15.1 Å². The number of hydrogen-bond donors (Lipinski definition) is 2. The minimum Gasteiger partial charge on any atom is -0.449 e. The molecule has 1 amide bonds. The van der Waals surface area contributed by atoms with Gasteiger partial charge in [-0.1, -0.05) is 26.7 Å². The van der Waals surface area contributed by atoms with Crippen molar-refractivity contribution in [1.29, 1.82) is 0 Å². The number of ether oxygens (including phenoxy) is 1. The Balaban J connectivity index is 1.90. The molecular weight excluding hydrogens is 430 g/mol. The Morgan fingerprint density at radius 1 is 1.33 bits per heavy atom. The molecule has 0 unspecified atom stereocenters. The minimum absolute atomic E-state index is 0.0901. The Kier molecular flexibility index (Phi) is 6.56. The third-order valence-corrected chi connectivity index (χ3v) is 7.06. The van der Waals surface area contributed by atoms with Crippen LogP contribution in [0.1, 0.15) is 38.8 Å². The average molecular weight is 454 g/mol. The van der Waals surface area contributed by atoms with Gasteiger partial charge in [-0.15, -0.1) is 11.3 Å². The summed E-state index contributed by atoms with van der Waals surface area (Å²) in [5.74, 6) is 0.237. The number of hydrogen-bond acceptors (Lipinski definition) is 8. The summed E-state index contributed by atoms with van der Waals surface area (Å²) in [6, 6.07) is 1.35. The molecule has 0 saturated carbocycles. The highest BCUT2D eigenvalue weighted by Crippen LogP contribution is 2.27. The number of carbonyl (C=O) groups is 1. The van der Waals surface area contributed by atoms with Gasteiger partial charge >= 0.3 is 6.09 Å². The van der Waals surface area contributed by atoms with Gasteiger partial charge in [-0.3, -0.25) is 9.48 Å². The lowest BCUT2D eigenvalue weighted by Crippen LogP contribution is -2.30. The van der Waals surface area contributed by atoms with Crippen molar-refractivity contribution in [2.24, 2.45) is 7.05 Å². The first-order chi connectivity index (χ1) is 14.3. The minimum atomic E-state index is -4.09. The molecule has 162 valence electrons. The van der Waals surface area contributed by atoms with Crippen molar-refractivity contribution >= 4 is 38.5 Å². The Hall–Kier alpha value is -2.73. The first-order valence-electron chi connectivity index (χ1n) is 9.51. The molecule has 2 N–H and O–H groups in total. The highest BCUT2D eigenvalue weighted by atomic mass is 32.2. The molecule has 0 atom stereocenters. The van der Waals surface area contributed by atoms with E-state index in [1.807, 2.05) is 18.6 Å². The van der Waals surface area contributed by atoms with Gasteiger partial charge in [0.25, 0.3) is 15.6 Å². The van der Waals surface area contributed by atoms with Crippen molar-refractivity contribution in [2.45, 2.75) is 43.7 Å². The topological polar surface area (TPSA) is 136 Å². The van der Waals surface area contributed by atoms with E-state index in [1.54, 1.807) is 12.4 Å². The number of rotatable bonds is 8. The van der Waals surface area contributed by atoms with Crippen molar-refractivity contribution in [3.05, 3.63) is 27.5 Å². The fourth-order valence-electron chi connectivity index (χ4n) is 2.87. The summed E-state index contributed by atoms with van der Waals surface area (Å²) < 4.78 is 33.0. The quantitative estimate of drug-likeness (QED) is 0.500. The predicted molar refractivity (Wildman–Crippen MR) is 113 cm³/mol. The summed E-state index contributed by atoms with van der Waals surface area (Å²) >= 11 is 0.911. The Bertz CT molecular complexity index is 1230. The third kappa shape index (κ3) is 4.54. The molecule has 0 aliphatic rings. The van der Waals surface area contributed by atoms with Gasteiger partial charge in [0, 0.05) is 18.0 Å². The highest BCUT2D eigenvalue weighted by Gasteiger charge is 2.22. The zero-order valence-corrected chi connectivity index (χ0v) is 18.5. The first-order valence-corrected chi connectivity index (χ1v) is 11.9. The zero-order valence-electron chi connectivity index (χ0n) is 16.9. The fraction of sp³-hybridized carbons (Fsp3) is 0.444. The number of nitrogens with one attached hydrogen (secondary N) is 2. The maximum atomic E-state index is 12.5. The SMILES string of the molecule is CCCCOC(=O)NS(=O)(=O)c1cc(-c2nc3c(CCC)nn(C)c3c(=O)[nH]2)cs1. The van der Waals surface area contributed by atoms with Crippen molar-refractivity contribution in [3.8, 4) is 11.4 Å². The second kappa shape index (κ2) is 8.96. The zero-order chi connectivity index (χ0) is 21.9. The number of H-pyrrole nitrogens is 1. The number of thiophene rings is 1. The lowest BCUT2D eigenvalue weighted by atomic mass is 10.2. The lowest BCUT2D eigenvalue weighted by molar-refractivity contribution is 0.151. The summed E-state index contributed by atoms with van der Waals surface area (Å²) in [6.45, 7) is 4.08. The number of aryl methyl sites for hydroxylation is 2. The molecule has 0 fully saturated rings. The summed E-state index contributed by atoms with van der Waals surface area (Å²) in [6.07, 6.45) is 1.95. The first kappa shape index (κ1) is 22.0. The van der Waals surface area contributed by atoms with Gasteiger partial charge in [0.1, 0.15) is 15.6 Å². The Morgan fingerprint density at radius 2 is 2.10 bits per heavy atom. The van der Waals surface area contributed by atoms with Crippen molar-refractivity contribution in [1.82, 2.24) is 24.5 Å². The van der Waals surface area contributed by atoms with Crippen LogP contribution in [-0.2, 0) is 28.2 Å². The normalized spacial score (nSPS) is 11.7. The van der Waals surface area contributed by atoms with E-state index in [-0.39, 0.29) is 22.2 Å². The monoisotopic (exact) mass is 453 g/mol. The van der Waals surface area contributed by atoms with Crippen LogP contribution in [0.4, 0.5) is 4.79 Å². The number of carbonyl (C=O) groups excluding carboxylic acids is 1. The van der Waals surface area contributed by atoms with Gasteiger partial charge in [0.2, 0.25) is 0 Å². The summed E-state index contributed by atoms with van der Waals surface area (Å²) in [4.78, 5) is 31.4. The smallest absolute Gasteiger partial charge is 0.421 e. The van der Waals surface area contributed by atoms with Crippen LogP contribution in [-0.4, -0.2) is 40.9 Å². The number of aromatic nitrogens is 4. The maximum absolute atomic E-state index is 12.5. The van der Waals surface area contributed by atoms with Crippen LogP contribution in [0.25, 0.3) is 22.4 Å². The van der Waals surface area contributed by atoms with E-state index in [9.17, 15) is 18.0 Å². The molecule has 30 heavy (non-hydrogen) atoms. The van der Waals surface area contributed by atoms with Crippen LogP contribution in [0.3, 0.4) is 0 Å². The van der Waals surface area contributed by atoms with E-state index < -0.39 is 16.1 Å². The van der Waals surface area contributed by atoms with Crippen LogP contribution in [0, 0.1) is 0 Å². The van der Waals surface area contributed by atoms with Gasteiger partial charge < -0.3 is 9.72 Å². The molecule has 3 rings (SSSR count). The van der Waals surface area contributed by atoms with E-state index in [4.69, 9.17) is 4.74 Å². The molecule has 0 aromatic carbocycles. The number of nitrogens with zero attached hydrogens (tertiary/aromatic N) is 3. The molecule has 0 saturated heterocycles. The van der Waals surface area contributed by atoms with E-state index >= 15 is 0 Å². The van der Waals surface area contributed by atoms with E-state index in [0.29, 0.717) is 35.1 Å². The molecule has 12 heteroatoms. The van der Waals surface area contributed by atoms with Crippen molar-refractivity contribution in [3.63, 3.8) is 0 Å². The molecule has 3 aromatic rings. The van der Waals surface area contributed by atoms with Gasteiger partial charge in [-0.25, -0.2) is 22.9 Å². The van der Waals surface area contributed by atoms with Gasteiger partial charge in [-0.2, -0.15) is 5.10 Å². The van der Waals surface area contributed by atoms with Gasteiger partial charge in [0.05, 0.1) is 12.3 Å². The van der Waals surface area contributed by atoms with Gasteiger partial charge in [0.15, 0.2) is 5.52 Å². The second-order valence-electron chi connectivity index (χ2n) is 6.68. The van der Waals surface area contributed by atoms with Crippen LogP contribution in [0.15, 0.2) is 20.5 Å². The number of unbranched alkanes of at least 4 members (excludes halogenated alkanes) is 1. The number of aromatic amines is 1. The predicted octanol–water partition coefficient (Wildman–Crippen LogP) is 2.55. The Morgan fingerprint density at radius 3 is 2.80 bits per heavy atom. The van der Waals surface area contributed by atoms with E-state index in [1.165, 1.54) is 10.7 Å². The Labute approximate surface area is 177 Å². The number of sulfonamides is 1. The average Bonchev–Trinajstić information content (AvgIpc) is 3.28. The van der Waals surface area contributed by atoms with Crippen LogP contribution >= 0.6 is 11.3 Å². The van der Waals surface area contributed by atoms with E-state index in [0.717, 1.165) is 24.2 Å². The molecule has 0 spiro atoms. The van der Waals surface area contributed by atoms with Crippen molar-refractivity contribution in [2.75, 3.05) is 6.61 Å². The molecule has 0 bridgehead atoms. The summed E-state index contributed by atoms with van der Waals surface area (Å²) in [5, 5.41) is 5.91. The molecular formula is C18H23N5O5S2. The summed E-state index contributed by atoms with van der Waals surface area (Å²) in [5.41, 5.74) is 1.63. The fourth-order valence-corrected chi connectivity index (χ4v) is 4.92. The number of amides is 1. The summed E-state index contributed by atoms with van der Waals surface area (Å²) in [7, 11) is -2.41. The lowest BCUT2D eigenvalue weighted by Gasteiger charge is -2.05. The second-order valence-corrected chi connectivity index (χ2v) is 9.50. The van der Waals surface area contributed by atoms with Crippen LogP contribution in [0.5, 0.6) is 0 Å². The highest BCUT2D eigenvalue weighted by molar-refractivity contribution is 7.92. The molecule has 0 aliphatic carbocycles. The largest absolute Gasteiger partial charge is 0.449 e. The standard InChI is InChI=1S/C18H23N5O5S2/c1-4-6-8-28-18(25)22-30(26,27)13-9-11(10-29-13)16-19-14-12(7-5-2)21-23(3)15(14)17(24)20-16/h9-10H,4-8H2,1-3H3,(H,22,25)(H,19,20,24). The van der Waals surface area contributed by atoms with Gasteiger partial charge in [-0.05, 0) is 18.9 Å². The molecule has 0 radical (unpaired) electrons. The van der Waals surface area contributed by atoms with Crippen LogP contribution in [0.2, 0.25) is 0 Å². The molecule has 3 heterocycles. The number of fused-ring (bicyclic) bond motifs is 1. The maximum Gasteiger partial charge on any atom is 0.421 e. The molecule has 0 aliphatic heterocycles. The molecule has 10 nitrogen and oxygen atoms in total. The van der Waals surface area contributed by atoms with Crippen LogP contribution < -0.4 is 10.3 Å². The molecule has 3 aromatic heterocycles. The third-order valence-electron chi connectivity index (χ3n) is 4.31.